The fourth-order valence-electron chi connectivity index (χ4n) is 3.43. The zero-order chi connectivity index (χ0) is 18.2. The number of fused-ring (bicyclic) bond motifs is 2. The van der Waals surface area contributed by atoms with E-state index in [2.05, 4.69) is 11.0 Å². The second-order valence-electron chi connectivity index (χ2n) is 6.60. The predicted octanol–water partition coefficient (Wildman–Crippen LogP) is 4.82. The highest BCUT2D eigenvalue weighted by atomic mass is 16.5. The van der Waals surface area contributed by atoms with Gasteiger partial charge in [-0.2, -0.15) is 0 Å². The van der Waals surface area contributed by atoms with Crippen LogP contribution in [-0.2, 0) is 6.54 Å². The van der Waals surface area contributed by atoms with Crippen molar-refractivity contribution in [2.45, 2.75) is 6.54 Å². The Labute approximate surface area is 156 Å². The van der Waals surface area contributed by atoms with Crippen LogP contribution in [0.4, 0.5) is 5.69 Å². The van der Waals surface area contributed by atoms with E-state index in [1.54, 1.807) is 6.07 Å². The lowest BCUT2D eigenvalue weighted by Crippen LogP contribution is -2.31. The summed E-state index contributed by atoms with van der Waals surface area (Å²) in [4.78, 5) is 14.8. The maximum atomic E-state index is 12.7. The van der Waals surface area contributed by atoms with Gasteiger partial charge in [-0.05, 0) is 24.3 Å². The summed E-state index contributed by atoms with van der Waals surface area (Å²) in [5.74, 6) is 1.50. The Bertz CT molecular complexity index is 1180. The van der Waals surface area contributed by atoms with Gasteiger partial charge in [-0.1, -0.05) is 48.5 Å². The fourth-order valence-corrected chi connectivity index (χ4v) is 3.43. The third-order valence-electron chi connectivity index (χ3n) is 4.84. The predicted molar refractivity (Wildman–Crippen MR) is 106 cm³/mol. The van der Waals surface area contributed by atoms with E-state index in [-0.39, 0.29) is 5.43 Å². The minimum atomic E-state index is -0.0460. The van der Waals surface area contributed by atoms with Gasteiger partial charge in [-0.25, -0.2) is 0 Å². The smallest absolute Gasteiger partial charge is 0.193 e. The van der Waals surface area contributed by atoms with Crippen molar-refractivity contribution in [1.29, 1.82) is 0 Å². The van der Waals surface area contributed by atoms with E-state index < -0.39 is 0 Å². The Kier molecular flexibility index (Phi) is 3.68. The first-order valence-electron chi connectivity index (χ1n) is 8.87. The van der Waals surface area contributed by atoms with Crippen molar-refractivity contribution in [3.8, 4) is 17.1 Å². The van der Waals surface area contributed by atoms with Crippen LogP contribution in [0, 0.1) is 0 Å². The average molecular weight is 355 g/mol. The fraction of sp³-hybridized carbons (Fsp3) is 0.0870. The summed E-state index contributed by atoms with van der Waals surface area (Å²) in [5, 5.41) is 0.575. The summed E-state index contributed by atoms with van der Waals surface area (Å²) >= 11 is 0. The van der Waals surface area contributed by atoms with Crippen LogP contribution in [0.5, 0.6) is 5.75 Å². The van der Waals surface area contributed by atoms with Crippen molar-refractivity contribution in [1.82, 2.24) is 0 Å². The molecule has 3 aromatic carbocycles. The van der Waals surface area contributed by atoms with E-state index in [1.165, 1.54) is 0 Å². The molecule has 4 heteroatoms. The maximum absolute atomic E-state index is 12.7. The highest BCUT2D eigenvalue weighted by Gasteiger charge is 2.18. The van der Waals surface area contributed by atoms with Crippen molar-refractivity contribution in [3.63, 3.8) is 0 Å². The minimum Gasteiger partial charge on any atom is -0.473 e. The van der Waals surface area contributed by atoms with Crippen LogP contribution < -0.4 is 15.1 Å². The van der Waals surface area contributed by atoms with Crippen LogP contribution in [0.2, 0.25) is 0 Å². The van der Waals surface area contributed by atoms with Gasteiger partial charge >= 0.3 is 0 Å². The summed E-state index contributed by atoms with van der Waals surface area (Å²) in [5.41, 5.74) is 3.51. The molecule has 0 saturated carbocycles. The largest absolute Gasteiger partial charge is 0.473 e. The number of para-hydroxylation sites is 1. The van der Waals surface area contributed by atoms with Crippen LogP contribution in [0.25, 0.3) is 22.3 Å². The van der Waals surface area contributed by atoms with E-state index in [0.717, 1.165) is 29.1 Å². The van der Waals surface area contributed by atoms with Gasteiger partial charge in [0.25, 0.3) is 0 Å². The molecule has 27 heavy (non-hydrogen) atoms. The Balaban J connectivity index is 1.53. The third kappa shape index (κ3) is 2.85. The van der Waals surface area contributed by atoms with E-state index in [1.807, 2.05) is 66.7 Å². The highest BCUT2D eigenvalue weighted by molar-refractivity contribution is 5.82. The van der Waals surface area contributed by atoms with E-state index in [9.17, 15) is 4.79 Å². The van der Waals surface area contributed by atoms with Crippen LogP contribution in [-0.4, -0.2) is 6.73 Å². The number of hydrogen-bond donors (Lipinski definition) is 0. The van der Waals surface area contributed by atoms with E-state index >= 15 is 0 Å². The standard InChI is InChI=1S/C23H17NO3/c25-20-13-23(16-6-2-1-3-7-16)27-22-11-10-18(12-19(20)22)24-14-17-8-4-5-9-21(17)26-15-24/h1-13H,14-15H2. The molecular formula is C23H17NO3. The molecule has 1 aliphatic rings. The molecule has 5 rings (SSSR count). The summed E-state index contributed by atoms with van der Waals surface area (Å²) in [7, 11) is 0. The maximum Gasteiger partial charge on any atom is 0.193 e. The SMILES string of the molecule is O=c1cc(-c2ccccc2)oc2ccc(N3COc4ccccc4C3)cc12. The molecule has 2 heterocycles. The summed E-state index contributed by atoms with van der Waals surface area (Å²) in [6.45, 7) is 1.20. The lowest BCUT2D eigenvalue weighted by molar-refractivity contribution is 0.289. The molecule has 0 N–H and O–H groups in total. The molecule has 0 saturated heterocycles. The molecule has 1 aromatic heterocycles. The van der Waals surface area contributed by atoms with Gasteiger partial charge < -0.3 is 14.1 Å². The molecule has 0 fully saturated rings. The van der Waals surface area contributed by atoms with Gasteiger partial charge in [0.2, 0.25) is 0 Å². The molecule has 0 amide bonds. The van der Waals surface area contributed by atoms with Crippen LogP contribution in [0.1, 0.15) is 5.56 Å². The second-order valence-corrected chi connectivity index (χ2v) is 6.60. The average Bonchev–Trinajstić information content (AvgIpc) is 2.74. The first kappa shape index (κ1) is 15.7. The van der Waals surface area contributed by atoms with Crippen LogP contribution >= 0.6 is 0 Å². The number of hydrogen-bond acceptors (Lipinski definition) is 4. The van der Waals surface area contributed by atoms with Gasteiger partial charge in [0.05, 0.1) is 5.39 Å². The summed E-state index contributed by atoms with van der Waals surface area (Å²) < 4.78 is 11.8. The van der Waals surface area contributed by atoms with Gasteiger partial charge in [0.1, 0.15) is 17.1 Å². The molecule has 1 aliphatic heterocycles. The van der Waals surface area contributed by atoms with Crippen molar-refractivity contribution in [2.24, 2.45) is 0 Å². The second kappa shape index (κ2) is 6.32. The first-order valence-corrected chi connectivity index (χ1v) is 8.87. The van der Waals surface area contributed by atoms with Gasteiger partial charge in [-0.15, -0.1) is 0 Å². The van der Waals surface area contributed by atoms with E-state index in [4.69, 9.17) is 9.15 Å². The van der Waals surface area contributed by atoms with Gasteiger partial charge in [0, 0.05) is 29.4 Å². The Morgan fingerprint density at radius 1 is 0.852 bits per heavy atom. The Morgan fingerprint density at radius 3 is 2.56 bits per heavy atom. The van der Waals surface area contributed by atoms with Crippen LogP contribution in [0.15, 0.2) is 88.1 Å². The minimum absolute atomic E-state index is 0.0460. The monoisotopic (exact) mass is 355 g/mol. The van der Waals surface area contributed by atoms with Crippen molar-refractivity contribution in [3.05, 3.63) is 94.6 Å². The number of rotatable bonds is 2. The Morgan fingerprint density at radius 2 is 1.67 bits per heavy atom. The van der Waals surface area contributed by atoms with Crippen molar-refractivity contribution in [2.75, 3.05) is 11.6 Å². The lowest BCUT2D eigenvalue weighted by Gasteiger charge is -2.30. The molecule has 132 valence electrons. The van der Waals surface area contributed by atoms with Gasteiger partial charge in [-0.3, -0.25) is 4.79 Å². The number of ether oxygens (including phenoxy) is 1. The zero-order valence-electron chi connectivity index (χ0n) is 14.6. The molecule has 0 bridgehead atoms. The van der Waals surface area contributed by atoms with Crippen LogP contribution in [0.3, 0.4) is 0 Å². The van der Waals surface area contributed by atoms with Crippen molar-refractivity contribution >= 4 is 16.7 Å². The quantitative estimate of drug-likeness (QED) is 0.517. The van der Waals surface area contributed by atoms with Gasteiger partial charge in [0.15, 0.2) is 12.2 Å². The topological polar surface area (TPSA) is 42.7 Å². The number of anilines is 1. The molecule has 0 radical (unpaired) electrons. The Hall–Kier alpha value is -3.53. The molecule has 4 aromatic rings. The first-order chi connectivity index (χ1) is 13.3. The highest BCUT2D eigenvalue weighted by Crippen LogP contribution is 2.30. The molecule has 0 aliphatic carbocycles. The normalized spacial score (nSPS) is 13.3. The zero-order valence-corrected chi connectivity index (χ0v) is 14.6. The molecule has 0 spiro atoms. The molecule has 0 unspecified atom stereocenters. The molecule has 4 nitrogen and oxygen atoms in total. The lowest BCUT2D eigenvalue weighted by atomic mass is 10.1. The number of nitrogens with zero attached hydrogens (tertiary/aromatic N) is 1. The molecule has 0 atom stereocenters. The molecular weight excluding hydrogens is 338 g/mol. The summed E-state index contributed by atoms with van der Waals surface area (Å²) in [6.07, 6.45) is 0. The third-order valence-corrected chi connectivity index (χ3v) is 4.84. The number of benzene rings is 3. The summed E-state index contributed by atoms with van der Waals surface area (Å²) in [6, 6.07) is 24.9. The van der Waals surface area contributed by atoms with E-state index in [0.29, 0.717) is 23.5 Å². The van der Waals surface area contributed by atoms with Crippen molar-refractivity contribution < 1.29 is 9.15 Å².